The fourth-order valence-corrected chi connectivity index (χ4v) is 3.28. The first-order valence-electron chi connectivity index (χ1n) is 6.86. The molecule has 0 saturated heterocycles. The first-order valence-corrected chi connectivity index (χ1v) is 6.86. The average Bonchev–Trinajstić information content (AvgIpc) is 2.35. The zero-order valence-electron chi connectivity index (χ0n) is 11.3. The third-order valence-corrected chi connectivity index (χ3v) is 4.55. The van der Waals surface area contributed by atoms with Gasteiger partial charge in [0.05, 0.1) is 7.11 Å². The van der Waals surface area contributed by atoms with Crippen LogP contribution in [0.4, 0.5) is 5.69 Å². The largest absolute Gasteiger partial charge is 0.496 e. The number of benzene rings is 1. The maximum atomic E-state index is 6.47. The minimum absolute atomic E-state index is 0.142. The van der Waals surface area contributed by atoms with Crippen molar-refractivity contribution in [2.24, 2.45) is 5.73 Å². The minimum Gasteiger partial charge on any atom is -0.496 e. The lowest BCUT2D eigenvalue weighted by molar-refractivity contribution is 0.243. The van der Waals surface area contributed by atoms with Crippen molar-refractivity contribution in [1.82, 2.24) is 0 Å². The van der Waals surface area contributed by atoms with E-state index in [1.165, 1.54) is 29.7 Å². The predicted octanol–water partition coefficient (Wildman–Crippen LogP) is 2.42. The normalized spacial score (nSPS) is 21.2. The first kappa shape index (κ1) is 11.8. The lowest BCUT2D eigenvalue weighted by Crippen LogP contribution is -2.43. The van der Waals surface area contributed by atoms with E-state index in [4.69, 9.17) is 10.5 Å². The maximum absolute atomic E-state index is 6.47. The zero-order chi connectivity index (χ0) is 12.8. The number of hydrogen-bond acceptors (Lipinski definition) is 3. The number of ether oxygens (including phenoxy) is 1. The van der Waals surface area contributed by atoms with E-state index in [0.29, 0.717) is 0 Å². The molecule has 3 rings (SSSR count). The lowest BCUT2D eigenvalue weighted by atomic mass is 9.71. The molecule has 0 unspecified atom stereocenters. The van der Waals surface area contributed by atoms with Crippen LogP contribution in [0.1, 0.15) is 36.8 Å². The molecule has 1 fully saturated rings. The van der Waals surface area contributed by atoms with Crippen LogP contribution in [0.5, 0.6) is 5.75 Å². The molecule has 0 atom stereocenters. The molecule has 0 aromatic heterocycles. The standard InChI is InChI=1S/C15H22N2O/c1-17-10-3-5-11-13(17)7-6-12(14(11)18-2)15(16)8-4-9-15/h6-7H,3-5,8-10,16H2,1-2H3. The van der Waals surface area contributed by atoms with Crippen LogP contribution < -0.4 is 15.4 Å². The van der Waals surface area contributed by atoms with Crippen molar-refractivity contribution < 1.29 is 4.74 Å². The highest BCUT2D eigenvalue weighted by atomic mass is 16.5. The van der Waals surface area contributed by atoms with Crippen LogP contribution in [0.25, 0.3) is 0 Å². The summed E-state index contributed by atoms with van der Waals surface area (Å²) in [6.07, 6.45) is 5.69. The van der Waals surface area contributed by atoms with Gasteiger partial charge in [0.1, 0.15) is 5.75 Å². The van der Waals surface area contributed by atoms with Crippen LogP contribution in [0.2, 0.25) is 0 Å². The molecule has 2 N–H and O–H groups in total. The van der Waals surface area contributed by atoms with Gasteiger partial charge in [0.2, 0.25) is 0 Å². The molecule has 0 radical (unpaired) electrons. The van der Waals surface area contributed by atoms with Crippen molar-refractivity contribution >= 4 is 5.69 Å². The van der Waals surface area contributed by atoms with Gasteiger partial charge >= 0.3 is 0 Å². The van der Waals surface area contributed by atoms with E-state index in [0.717, 1.165) is 31.6 Å². The van der Waals surface area contributed by atoms with E-state index in [9.17, 15) is 0 Å². The average molecular weight is 246 g/mol. The smallest absolute Gasteiger partial charge is 0.129 e. The number of nitrogens with two attached hydrogens (primary N) is 1. The highest BCUT2D eigenvalue weighted by molar-refractivity contribution is 5.64. The van der Waals surface area contributed by atoms with Crippen molar-refractivity contribution in [2.75, 3.05) is 25.6 Å². The SMILES string of the molecule is COc1c(C2(N)CCC2)ccc2c1CCCN2C. The zero-order valence-corrected chi connectivity index (χ0v) is 11.3. The van der Waals surface area contributed by atoms with Crippen LogP contribution in [-0.4, -0.2) is 20.7 Å². The maximum Gasteiger partial charge on any atom is 0.129 e. The fraction of sp³-hybridized carbons (Fsp3) is 0.600. The number of rotatable bonds is 2. The van der Waals surface area contributed by atoms with Gasteiger partial charge in [-0.15, -0.1) is 0 Å². The van der Waals surface area contributed by atoms with Crippen molar-refractivity contribution in [3.8, 4) is 5.75 Å². The Kier molecular flexibility index (Phi) is 2.74. The van der Waals surface area contributed by atoms with E-state index >= 15 is 0 Å². The van der Waals surface area contributed by atoms with Crippen LogP contribution in [-0.2, 0) is 12.0 Å². The molecule has 0 bridgehead atoms. The Hall–Kier alpha value is -1.22. The van der Waals surface area contributed by atoms with E-state index in [2.05, 4.69) is 24.1 Å². The van der Waals surface area contributed by atoms with E-state index < -0.39 is 0 Å². The van der Waals surface area contributed by atoms with Gasteiger partial charge in [-0.25, -0.2) is 0 Å². The quantitative estimate of drug-likeness (QED) is 0.871. The van der Waals surface area contributed by atoms with Gasteiger partial charge in [-0.2, -0.15) is 0 Å². The Morgan fingerprint density at radius 2 is 2.06 bits per heavy atom. The van der Waals surface area contributed by atoms with Crippen molar-refractivity contribution in [3.05, 3.63) is 23.3 Å². The molecule has 1 aliphatic heterocycles. The summed E-state index contributed by atoms with van der Waals surface area (Å²) in [6.45, 7) is 1.13. The van der Waals surface area contributed by atoms with Crippen molar-refractivity contribution in [3.63, 3.8) is 0 Å². The molecule has 1 aromatic carbocycles. The second-order valence-corrected chi connectivity index (χ2v) is 5.68. The van der Waals surface area contributed by atoms with E-state index in [-0.39, 0.29) is 5.54 Å². The van der Waals surface area contributed by atoms with Gasteiger partial charge in [-0.05, 0) is 38.2 Å². The molecular weight excluding hydrogens is 224 g/mol. The summed E-state index contributed by atoms with van der Waals surface area (Å²) in [6, 6.07) is 4.40. The van der Waals surface area contributed by atoms with Gasteiger partial charge in [0.15, 0.2) is 0 Å². The van der Waals surface area contributed by atoms with Gasteiger partial charge in [0.25, 0.3) is 0 Å². The molecule has 98 valence electrons. The first-order chi connectivity index (χ1) is 8.65. The van der Waals surface area contributed by atoms with Gasteiger partial charge < -0.3 is 15.4 Å². The predicted molar refractivity (Wildman–Crippen MR) is 74.3 cm³/mol. The molecule has 1 aromatic rings. The van der Waals surface area contributed by atoms with Gasteiger partial charge in [-0.3, -0.25) is 0 Å². The molecule has 0 amide bonds. The monoisotopic (exact) mass is 246 g/mol. The molecular formula is C15H22N2O. The van der Waals surface area contributed by atoms with E-state index in [1.807, 2.05) is 0 Å². The second kappa shape index (κ2) is 4.16. The van der Waals surface area contributed by atoms with Crippen LogP contribution in [0, 0.1) is 0 Å². The highest BCUT2D eigenvalue weighted by Gasteiger charge is 2.38. The summed E-state index contributed by atoms with van der Waals surface area (Å²) < 4.78 is 5.71. The summed E-state index contributed by atoms with van der Waals surface area (Å²) >= 11 is 0. The topological polar surface area (TPSA) is 38.5 Å². The van der Waals surface area contributed by atoms with Crippen LogP contribution in [0.3, 0.4) is 0 Å². The van der Waals surface area contributed by atoms with Crippen molar-refractivity contribution in [2.45, 2.75) is 37.6 Å². The Morgan fingerprint density at radius 3 is 2.67 bits per heavy atom. The molecule has 1 saturated carbocycles. The molecule has 3 nitrogen and oxygen atoms in total. The van der Waals surface area contributed by atoms with Crippen LogP contribution in [0.15, 0.2) is 12.1 Å². The summed E-state index contributed by atoms with van der Waals surface area (Å²) in [4.78, 5) is 2.31. The van der Waals surface area contributed by atoms with Gasteiger partial charge in [0, 0.05) is 35.9 Å². The Morgan fingerprint density at radius 1 is 1.28 bits per heavy atom. The lowest BCUT2D eigenvalue weighted by Gasteiger charge is -2.41. The Labute approximate surface area is 109 Å². The molecule has 18 heavy (non-hydrogen) atoms. The molecule has 1 heterocycles. The summed E-state index contributed by atoms with van der Waals surface area (Å²) in [7, 11) is 3.93. The highest BCUT2D eigenvalue weighted by Crippen LogP contribution is 2.46. The summed E-state index contributed by atoms with van der Waals surface area (Å²) in [5, 5.41) is 0. The molecule has 3 heteroatoms. The number of fused-ring (bicyclic) bond motifs is 1. The second-order valence-electron chi connectivity index (χ2n) is 5.68. The third-order valence-electron chi connectivity index (χ3n) is 4.55. The number of methoxy groups -OCH3 is 1. The Balaban J connectivity index is 2.11. The minimum atomic E-state index is -0.142. The fourth-order valence-electron chi connectivity index (χ4n) is 3.28. The number of hydrogen-bond donors (Lipinski definition) is 1. The molecule has 1 aliphatic carbocycles. The third kappa shape index (κ3) is 1.61. The van der Waals surface area contributed by atoms with Gasteiger partial charge in [-0.1, -0.05) is 6.07 Å². The van der Waals surface area contributed by atoms with Crippen molar-refractivity contribution in [1.29, 1.82) is 0 Å². The Bertz CT molecular complexity index is 466. The molecule has 0 spiro atoms. The molecule has 2 aliphatic rings. The van der Waals surface area contributed by atoms with Crippen LogP contribution >= 0.6 is 0 Å². The number of nitrogens with zero attached hydrogens (tertiary/aromatic N) is 1. The summed E-state index contributed by atoms with van der Waals surface area (Å²) in [5.41, 5.74) is 10.2. The summed E-state index contributed by atoms with van der Waals surface area (Å²) in [5.74, 6) is 1.04. The number of anilines is 1. The van der Waals surface area contributed by atoms with E-state index in [1.54, 1.807) is 7.11 Å².